The number of carbonyl (C=O) groups is 2. The van der Waals surface area contributed by atoms with Gasteiger partial charge in [-0.3, -0.25) is 14.6 Å². The fourth-order valence-corrected chi connectivity index (χ4v) is 3.03. The summed E-state index contributed by atoms with van der Waals surface area (Å²) < 4.78 is 5.12. The fraction of sp³-hybridized carbons (Fsp3) is 0.524. The molecule has 1 fully saturated rings. The first-order valence-electron chi connectivity index (χ1n) is 9.34. The Hall–Kier alpha value is -2.32. The summed E-state index contributed by atoms with van der Waals surface area (Å²) in [4.78, 5) is 25.1. The Morgan fingerprint density at radius 1 is 1.27 bits per heavy atom. The Kier molecular flexibility index (Phi) is 7.23. The fourth-order valence-electron chi connectivity index (χ4n) is 3.03. The zero-order valence-corrected chi connectivity index (χ0v) is 15.9. The zero-order valence-electron chi connectivity index (χ0n) is 15.9. The summed E-state index contributed by atoms with van der Waals surface area (Å²) in [5.41, 5.74) is 2.83. The van der Waals surface area contributed by atoms with Gasteiger partial charge in [0.2, 0.25) is 0 Å². The number of hydrogen-bond acceptors (Lipinski definition) is 4. The minimum atomic E-state index is -0.753. The van der Waals surface area contributed by atoms with Crippen molar-refractivity contribution in [1.29, 1.82) is 0 Å². The molecule has 1 saturated heterocycles. The number of amides is 1. The molecule has 0 bridgehead atoms. The summed E-state index contributed by atoms with van der Waals surface area (Å²) in [5, 5.41) is 1.50. The molecule has 1 aromatic rings. The average Bonchev–Trinajstić information content (AvgIpc) is 3.00. The highest BCUT2D eigenvalue weighted by molar-refractivity contribution is 5.95. The van der Waals surface area contributed by atoms with Gasteiger partial charge in [-0.25, -0.2) is 5.43 Å². The van der Waals surface area contributed by atoms with Crippen LogP contribution in [-0.4, -0.2) is 35.1 Å². The summed E-state index contributed by atoms with van der Waals surface area (Å²) in [5.74, 6) is 5.88. The quantitative estimate of drug-likeness (QED) is 0.483. The summed E-state index contributed by atoms with van der Waals surface area (Å²) in [6, 6.07) is 8.45. The Balaban J connectivity index is 2.22. The van der Waals surface area contributed by atoms with Crippen LogP contribution in [0.1, 0.15) is 63.2 Å². The molecule has 5 nitrogen and oxygen atoms in total. The molecule has 1 aromatic carbocycles. The predicted octanol–water partition coefficient (Wildman–Crippen LogP) is 3.31. The van der Waals surface area contributed by atoms with Crippen LogP contribution in [0.3, 0.4) is 0 Å². The van der Waals surface area contributed by atoms with E-state index in [1.165, 1.54) is 5.01 Å². The molecule has 0 radical (unpaired) electrons. The van der Waals surface area contributed by atoms with E-state index in [2.05, 4.69) is 24.2 Å². The minimum Gasteiger partial charge on any atom is -0.465 e. The first-order valence-corrected chi connectivity index (χ1v) is 9.34. The number of esters is 1. The largest absolute Gasteiger partial charge is 0.465 e. The Labute approximate surface area is 156 Å². The number of benzene rings is 1. The van der Waals surface area contributed by atoms with E-state index >= 15 is 0 Å². The third-order valence-electron chi connectivity index (χ3n) is 4.44. The van der Waals surface area contributed by atoms with E-state index in [1.807, 2.05) is 25.1 Å². The summed E-state index contributed by atoms with van der Waals surface area (Å²) in [6.45, 7) is 6.13. The van der Waals surface area contributed by atoms with Gasteiger partial charge in [-0.1, -0.05) is 43.9 Å². The molecule has 1 amide bonds. The number of rotatable bonds is 6. The van der Waals surface area contributed by atoms with E-state index in [4.69, 9.17) is 4.74 Å². The van der Waals surface area contributed by atoms with Crippen LogP contribution in [0.4, 0.5) is 0 Å². The van der Waals surface area contributed by atoms with Crippen molar-refractivity contribution < 1.29 is 14.3 Å². The van der Waals surface area contributed by atoms with Gasteiger partial charge in [0, 0.05) is 18.4 Å². The Morgan fingerprint density at radius 3 is 2.65 bits per heavy atom. The van der Waals surface area contributed by atoms with Crippen molar-refractivity contribution in [3.8, 4) is 11.8 Å². The van der Waals surface area contributed by atoms with Crippen LogP contribution >= 0.6 is 0 Å². The smallest absolute Gasteiger partial charge is 0.325 e. The molecule has 0 aromatic heterocycles. The number of hydrazine groups is 1. The van der Waals surface area contributed by atoms with Crippen molar-refractivity contribution in [2.45, 2.75) is 64.5 Å². The number of unbranched alkanes of at least 4 members (excludes halogenated alkanes) is 3. The van der Waals surface area contributed by atoms with Gasteiger partial charge in [-0.2, -0.15) is 0 Å². The van der Waals surface area contributed by atoms with Gasteiger partial charge in [0.1, 0.15) is 11.6 Å². The van der Waals surface area contributed by atoms with Crippen molar-refractivity contribution >= 4 is 11.9 Å². The highest BCUT2D eigenvalue weighted by atomic mass is 16.5. The van der Waals surface area contributed by atoms with Crippen LogP contribution in [0.25, 0.3) is 0 Å². The molecule has 0 aliphatic carbocycles. The molecule has 5 heteroatoms. The van der Waals surface area contributed by atoms with Crippen LogP contribution in [0.5, 0.6) is 0 Å². The highest BCUT2D eigenvalue weighted by Gasteiger charge is 2.47. The van der Waals surface area contributed by atoms with Crippen molar-refractivity contribution in [1.82, 2.24) is 10.4 Å². The van der Waals surface area contributed by atoms with Crippen molar-refractivity contribution in [3.63, 3.8) is 0 Å². The van der Waals surface area contributed by atoms with Crippen LogP contribution in [0.2, 0.25) is 0 Å². The molecular weight excluding hydrogens is 328 g/mol. The highest BCUT2D eigenvalue weighted by Crippen LogP contribution is 2.28. The second-order valence-corrected chi connectivity index (χ2v) is 6.68. The van der Waals surface area contributed by atoms with E-state index < -0.39 is 11.6 Å². The molecule has 1 aliphatic rings. The molecule has 0 unspecified atom stereocenters. The molecule has 1 aliphatic heterocycles. The first-order chi connectivity index (χ1) is 12.5. The predicted molar refractivity (Wildman–Crippen MR) is 101 cm³/mol. The average molecular weight is 356 g/mol. The summed E-state index contributed by atoms with van der Waals surface area (Å²) in [6.07, 6.45) is 4.53. The summed E-state index contributed by atoms with van der Waals surface area (Å²) in [7, 11) is 0. The second kappa shape index (κ2) is 9.40. The van der Waals surface area contributed by atoms with Crippen molar-refractivity contribution in [3.05, 3.63) is 35.9 Å². The minimum absolute atomic E-state index is 0.192. The van der Waals surface area contributed by atoms with E-state index in [9.17, 15) is 9.59 Å². The maximum Gasteiger partial charge on any atom is 0.325 e. The lowest BCUT2D eigenvalue weighted by Crippen LogP contribution is -2.50. The molecular formula is C21H28N2O3. The number of nitrogens with one attached hydrogen (secondary N) is 1. The maximum absolute atomic E-state index is 13.0. The van der Waals surface area contributed by atoms with Crippen LogP contribution in [-0.2, 0) is 9.53 Å². The Bertz CT molecular complexity index is 677. The van der Waals surface area contributed by atoms with Crippen LogP contribution in [0.15, 0.2) is 30.3 Å². The molecule has 1 N–H and O–H groups in total. The SMILES string of the molecule is CCCCCC#C[C@]1(C)C[C@@H](C(=O)OCC)NN1C(=O)c1ccccc1. The van der Waals surface area contributed by atoms with Crippen molar-refractivity contribution in [2.75, 3.05) is 6.61 Å². The standard InChI is InChI=1S/C21H28N2O3/c1-4-6-7-8-12-15-21(3)16-18(20(25)26-5-2)22-23(21)19(24)17-13-10-9-11-14-17/h9-11,13-14,18,22H,4-8,16H2,1-3H3/t18-,21+/m0/s1. The van der Waals surface area contributed by atoms with Crippen LogP contribution < -0.4 is 5.43 Å². The number of hydrogen-bond donors (Lipinski definition) is 1. The van der Waals surface area contributed by atoms with E-state index in [0.717, 1.165) is 25.7 Å². The molecule has 140 valence electrons. The Morgan fingerprint density at radius 2 is 2.00 bits per heavy atom. The molecule has 0 saturated carbocycles. The van der Waals surface area contributed by atoms with Crippen molar-refractivity contribution in [2.24, 2.45) is 0 Å². The lowest BCUT2D eigenvalue weighted by atomic mass is 9.95. The lowest BCUT2D eigenvalue weighted by molar-refractivity contribution is -0.145. The maximum atomic E-state index is 13.0. The van der Waals surface area contributed by atoms with Gasteiger partial charge in [0.15, 0.2) is 0 Å². The normalized spacial score (nSPS) is 21.8. The molecule has 2 rings (SSSR count). The van der Waals surface area contributed by atoms with E-state index in [0.29, 0.717) is 18.6 Å². The van der Waals surface area contributed by atoms with Gasteiger partial charge in [-0.05, 0) is 32.4 Å². The second-order valence-electron chi connectivity index (χ2n) is 6.68. The number of nitrogens with zero attached hydrogens (tertiary/aromatic N) is 1. The molecule has 0 spiro atoms. The number of carbonyl (C=O) groups excluding carboxylic acids is 2. The lowest BCUT2D eigenvalue weighted by Gasteiger charge is -2.29. The number of ether oxygens (including phenoxy) is 1. The van der Waals surface area contributed by atoms with E-state index in [1.54, 1.807) is 19.1 Å². The topological polar surface area (TPSA) is 58.6 Å². The summed E-state index contributed by atoms with van der Waals surface area (Å²) >= 11 is 0. The molecule has 1 heterocycles. The zero-order chi connectivity index (χ0) is 19.0. The monoisotopic (exact) mass is 356 g/mol. The van der Waals surface area contributed by atoms with Gasteiger partial charge in [0.25, 0.3) is 5.91 Å². The van der Waals surface area contributed by atoms with E-state index in [-0.39, 0.29) is 11.9 Å². The van der Waals surface area contributed by atoms with Gasteiger partial charge in [-0.15, -0.1) is 5.92 Å². The van der Waals surface area contributed by atoms with Gasteiger partial charge < -0.3 is 4.74 Å². The van der Waals surface area contributed by atoms with Gasteiger partial charge in [0.05, 0.1) is 6.61 Å². The molecule has 2 atom stereocenters. The van der Waals surface area contributed by atoms with Gasteiger partial charge >= 0.3 is 5.97 Å². The third kappa shape index (κ3) is 4.86. The third-order valence-corrected chi connectivity index (χ3v) is 4.44. The first kappa shape index (κ1) is 20.0. The van der Waals surface area contributed by atoms with Crippen LogP contribution in [0, 0.1) is 11.8 Å². The molecule has 26 heavy (non-hydrogen) atoms.